The molecule has 758 valence electrons. The Morgan fingerprint density at radius 2 is 0.649 bits per heavy atom. The lowest BCUT2D eigenvalue weighted by Gasteiger charge is -2.03. The standard InChI is InChI=1S/C21H23N7O2S.2C20H21N7O2S.C19H19N7O2S.C16H13N7OS.CH2O2/c1-4-30-10-9-28-11-16(19(27-28)15-7-5-6-8-22-15)23-20(29)17-12-31-21(24-17)18-13(2)25-26-14(18)3;2*1-3-29-9-8-27-11-16(18(26-27)15-6-4-5-7-21-15)23-19(28)17-12-30-20(24-17)14-10-22-25-13(14)2;1-2-28-8-7-26-11-15(17(25-26)14-5-3-4-6-20-14)23-18(27)16-12-29-19(24-16)13-9-21-22-10-13;1-23-8-12(14(22-23)11-4-2-3-5-17-11)20-15(24)13-9-25-16(21-13)10-6-18-19-7-10;2-1-3/h5-8,11-12H,4,9-10H2,1-3H3,(H,23,29)(H,25,26);2*4-7,10-12H,3,8-9H2,1-2H3,(H,22,25)(H,23,28);3-6,9-12H,2,7-8H2,1H3,(H,21,22)(H,23,27);2-9H,1H3,(H,18,19)(H,20,24);1H,(H,2,3). The smallest absolute Gasteiger partial charge is 0.290 e. The third kappa shape index (κ3) is 27.8. The molecular weight excluding hydrogens is 1990 g/mol. The summed E-state index contributed by atoms with van der Waals surface area (Å²) in [5, 5.41) is 90.8. The molecule has 0 unspecified atom stereocenters. The van der Waals surface area contributed by atoms with E-state index in [4.69, 9.17) is 28.8 Å². The van der Waals surface area contributed by atoms with Gasteiger partial charge < -0.3 is 50.6 Å². The van der Waals surface area contributed by atoms with Gasteiger partial charge in [-0.15, -0.1) is 56.7 Å². The molecule has 0 saturated heterocycles. The van der Waals surface area contributed by atoms with Crippen LogP contribution in [0.15, 0.2) is 217 Å². The number of ether oxygens (including phenoxy) is 4. The van der Waals surface area contributed by atoms with Gasteiger partial charge in [-0.25, -0.2) is 24.9 Å². The van der Waals surface area contributed by atoms with Gasteiger partial charge in [0.25, 0.3) is 36.0 Å². The molecule has 0 saturated carbocycles. The van der Waals surface area contributed by atoms with Gasteiger partial charge in [0.1, 0.15) is 82.0 Å². The quantitative estimate of drug-likeness (QED) is 0.0128. The van der Waals surface area contributed by atoms with E-state index >= 15 is 0 Å². The lowest BCUT2D eigenvalue weighted by molar-refractivity contribution is -0.122. The molecule has 11 N–H and O–H groups in total. The van der Waals surface area contributed by atoms with E-state index in [1.807, 2.05) is 146 Å². The van der Waals surface area contributed by atoms with Gasteiger partial charge in [0.2, 0.25) is 0 Å². The molecule has 0 aliphatic carbocycles. The molecule has 5 amide bonds. The number of amides is 5. The maximum Gasteiger partial charge on any atom is 0.290 e. The fraction of sp³-hybridized carbons (Fsp3) is 0.216. The summed E-state index contributed by atoms with van der Waals surface area (Å²) in [5.41, 5.74) is 19.0. The molecule has 148 heavy (non-hydrogen) atoms. The summed E-state index contributed by atoms with van der Waals surface area (Å²) in [7, 11) is 1.79. The third-order valence-electron chi connectivity index (χ3n) is 21.0. The average Bonchev–Trinajstić information content (AvgIpc) is 1.83. The minimum absolute atomic E-state index is 0.250. The van der Waals surface area contributed by atoms with Crippen LogP contribution >= 0.6 is 56.7 Å². The maximum absolute atomic E-state index is 12.9. The molecule has 51 heteroatoms. The molecular formula is C97H99N35O11S5. The van der Waals surface area contributed by atoms with Crippen molar-refractivity contribution in [2.24, 2.45) is 7.05 Å². The second-order valence-corrected chi connectivity index (χ2v) is 35.5. The number of anilines is 5. The monoisotopic (exact) mass is 2090 g/mol. The number of hydrogen-bond acceptors (Lipinski definition) is 35. The van der Waals surface area contributed by atoms with Crippen molar-refractivity contribution in [1.82, 2.24) is 150 Å². The molecule has 20 aromatic heterocycles. The topological polar surface area (TPSA) is 581 Å². The highest BCUT2D eigenvalue weighted by Gasteiger charge is 2.27. The van der Waals surface area contributed by atoms with Crippen LogP contribution in [0.3, 0.4) is 0 Å². The third-order valence-corrected chi connectivity index (χ3v) is 25.4. The highest BCUT2D eigenvalue weighted by molar-refractivity contribution is 7.14. The highest BCUT2D eigenvalue weighted by atomic mass is 32.1. The Labute approximate surface area is 864 Å². The Hall–Kier alpha value is -17.3. The molecule has 0 aromatic carbocycles. The number of hydrogen-bond donors (Lipinski definition) is 11. The molecule has 0 radical (unpaired) electrons. The Kier molecular flexibility index (Phi) is 37.1. The van der Waals surface area contributed by atoms with Crippen molar-refractivity contribution in [2.45, 2.75) is 81.6 Å². The van der Waals surface area contributed by atoms with Gasteiger partial charge in [-0.1, -0.05) is 30.3 Å². The minimum atomic E-state index is -0.308. The van der Waals surface area contributed by atoms with Crippen molar-refractivity contribution in [3.8, 4) is 110 Å². The van der Waals surface area contributed by atoms with E-state index in [2.05, 4.69) is 153 Å². The maximum atomic E-state index is 12.9. The Morgan fingerprint density at radius 3 is 0.912 bits per heavy atom. The number of thiazole rings is 5. The molecule has 20 aromatic rings. The Balaban J connectivity index is 0.000000138. The zero-order valence-electron chi connectivity index (χ0n) is 81.1. The molecule has 0 bridgehead atoms. The molecule has 46 nitrogen and oxygen atoms in total. The summed E-state index contributed by atoms with van der Waals surface area (Å²) >= 11 is 6.98. The van der Waals surface area contributed by atoms with Crippen LogP contribution in [0.4, 0.5) is 28.4 Å². The van der Waals surface area contributed by atoms with Gasteiger partial charge >= 0.3 is 0 Å². The first kappa shape index (κ1) is 105. The van der Waals surface area contributed by atoms with E-state index in [0.29, 0.717) is 193 Å². The zero-order chi connectivity index (χ0) is 104. The van der Waals surface area contributed by atoms with E-state index < -0.39 is 0 Å². The molecule has 20 rings (SSSR count). The van der Waals surface area contributed by atoms with Gasteiger partial charge in [-0.3, -0.25) is 103 Å². The normalized spacial score (nSPS) is 10.8. The number of aryl methyl sites for hydroxylation is 5. The lowest BCUT2D eigenvalue weighted by atomic mass is 10.2. The van der Waals surface area contributed by atoms with E-state index in [9.17, 15) is 24.0 Å². The summed E-state index contributed by atoms with van der Waals surface area (Å²) in [6.07, 6.45) is 27.6. The number of carboxylic acid groups (broad SMARTS) is 1. The molecule has 0 fully saturated rings. The second kappa shape index (κ2) is 52.3. The van der Waals surface area contributed by atoms with Crippen LogP contribution in [0.25, 0.3) is 110 Å². The van der Waals surface area contributed by atoms with Crippen molar-refractivity contribution in [3.63, 3.8) is 0 Å². The van der Waals surface area contributed by atoms with E-state index in [-0.39, 0.29) is 36.0 Å². The second-order valence-electron chi connectivity index (χ2n) is 31.2. The lowest BCUT2D eigenvalue weighted by Crippen LogP contribution is -2.12. The number of aromatic amines is 5. The van der Waals surface area contributed by atoms with Crippen LogP contribution in [-0.4, -0.2) is 244 Å². The fourth-order valence-corrected chi connectivity index (χ4v) is 18.2. The number of H-pyrrole nitrogens is 5. The van der Waals surface area contributed by atoms with E-state index in [1.165, 1.54) is 56.7 Å². The minimum Gasteiger partial charge on any atom is -0.483 e. The predicted octanol–water partition coefficient (Wildman–Crippen LogP) is 15.8. The first-order valence-electron chi connectivity index (χ1n) is 45.9. The zero-order valence-corrected chi connectivity index (χ0v) is 85.2. The summed E-state index contributed by atoms with van der Waals surface area (Å²) in [6.45, 7) is 22.2. The molecule has 0 atom stereocenters. The summed E-state index contributed by atoms with van der Waals surface area (Å²) in [5.74, 6) is -1.52. The number of carbonyl (C=O) groups is 6. The molecule has 0 aliphatic heterocycles. The highest BCUT2D eigenvalue weighted by Crippen LogP contribution is 2.36. The summed E-state index contributed by atoms with van der Waals surface area (Å²) < 4.78 is 30.3. The summed E-state index contributed by atoms with van der Waals surface area (Å²) in [6, 6.07) is 27.8. The van der Waals surface area contributed by atoms with Crippen molar-refractivity contribution < 1.29 is 52.8 Å². The van der Waals surface area contributed by atoms with Gasteiger partial charge in [0.15, 0.2) is 0 Å². The number of nitrogens with one attached hydrogen (secondary N) is 10. The van der Waals surface area contributed by atoms with Gasteiger partial charge in [0.05, 0.1) is 157 Å². The van der Waals surface area contributed by atoms with Crippen LogP contribution in [0, 0.1) is 27.7 Å². The van der Waals surface area contributed by atoms with Crippen LogP contribution in [0.1, 0.15) is 103 Å². The van der Waals surface area contributed by atoms with Gasteiger partial charge in [-0.2, -0.15) is 51.0 Å². The Morgan fingerprint density at radius 1 is 0.365 bits per heavy atom. The molecule has 0 spiro atoms. The first-order valence-corrected chi connectivity index (χ1v) is 50.3. The first-order chi connectivity index (χ1) is 72.2. The molecule has 20 heterocycles. The van der Waals surface area contributed by atoms with Crippen LogP contribution in [0.5, 0.6) is 0 Å². The average molecular weight is 2090 g/mol. The number of aromatic nitrogens is 30. The van der Waals surface area contributed by atoms with Crippen molar-refractivity contribution in [2.75, 3.05) is 79.4 Å². The number of nitrogens with zero attached hydrogens (tertiary/aromatic N) is 25. The van der Waals surface area contributed by atoms with E-state index in [0.717, 1.165) is 75.6 Å². The van der Waals surface area contributed by atoms with Crippen molar-refractivity contribution in [3.05, 3.63) is 268 Å². The SMILES string of the molecule is CCOCCn1cc(NC(=O)c2csc(-c3c(C)n[nH]c3C)n2)c(-c2ccccn2)n1.CCOCCn1cc(NC(=O)c2csc(-c3cn[nH]c3)n2)c(-c2ccccn2)n1.CCOCCn1cc(NC(=O)c2csc(-c3cn[nH]c3C)n2)c(-c2ccccn2)n1.CCOCCn1cc(NC(=O)c2csc(-c3cn[nH]c3C)n2)c(-c2ccccn2)n1.Cn1cc(NC(=O)c2csc(-c3cn[nH]c3)n2)c(-c2ccccn2)n1.O=CO. The fourth-order valence-electron chi connectivity index (χ4n) is 13.9. The Bertz CT molecular complexity index is 7450. The van der Waals surface area contributed by atoms with Crippen molar-refractivity contribution >= 4 is 121 Å². The van der Waals surface area contributed by atoms with Gasteiger partial charge in [-0.05, 0) is 116 Å². The predicted molar refractivity (Wildman–Crippen MR) is 560 cm³/mol. The van der Waals surface area contributed by atoms with Crippen LogP contribution in [0.2, 0.25) is 0 Å². The summed E-state index contributed by atoms with van der Waals surface area (Å²) in [4.78, 5) is 116. The van der Waals surface area contributed by atoms with Crippen LogP contribution < -0.4 is 26.6 Å². The number of carbonyl (C=O) groups excluding carboxylic acids is 5. The molecule has 0 aliphatic rings. The van der Waals surface area contributed by atoms with E-state index in [1.54, 1.807) is 157 Å². The largest absolute Gasteiger partial charge is 0.483 e. The van der Waals surface area contributed by atoms with Gasteiger partial charge in [0, 0.05) is 163 Å². The van der Waals surface area contributed by atoms with Crippen molar-refractivity contribution in [1.29, 1.82) is 0 Å². The number of rotatable bonds is 36. The van der Waals surface area contributed by atoms with Crippen LogP contribution in [-0.2, 0) is 57.0 Å². The number of pyridine rings is 5.